The summed E-state index contributed by atoms with van der Waals surface area (Å²) in [7, 11) is 0. The smallest absolute Gasteiger partial charge is 0.258 e. The normalized spacial score (nSPS) is 11.3. The molecule has 0 amide bonds. The largest absolute Gasteiger partial charge is 0.269 e. The Kier molecular flexibility index (Phi) is 2.78. The van der Waals surface area contributed by atoms with Gasteiger partial charge in [-0.05, 0) is 24.6 Å². The Morgan fingerprint density at radius 3 is 2.08 bits per heavy atom. The average molecular weight is 220 g/mol. The predicted molar refractivity (Wildman–Crippen MR) is 52.2 cm³/mol. The lowest BCUT2D eigenvalue weighted by atomic mass is 10.1. The van der Waals surface area contributed by atoms with Gasteiger partial charge in [0.25, 0.3) is 5.69 Å². The third kappa shape index (κ3) is 2.57. The van der Waals surface area contributed by atoms with E-state index in [1.807, 2.05) is 0 Å². The van der Waals surface area contributed by atoms with Crippen molar-refractivity contribution >= 4 is 28.9 Å². The van der Waals surface area contributed by atoms with Crippen molar-refractivity contribution in [1.82, 2.24) is 0 Å². The van der Waals surface area contributed by atoms with Crippen molar-refractivity contribution in [1.29, 1.82) is 0 Å². The van der Waals surface area contributed by atoms with E-state index in [1.54, 1.807) is 6.92 Å². The number of hydrogen-bond acceptors (Lipinski definition) is 2. The fraction of sp³-hybridized carbons (Fsp3) is 0.250. The second-order valence-electron chi connectivity index (χ2n) is 2.69. The molecule has 1 aromatic carbocycles. The van der Waals surface area contributed by atoms with Crippen LogP contribution in [0.25, 0.3) is 0 Å². The number of nitro groups is 1. The van der Waals surface area contributed by atoms with E-state index in [4.69, 9.17) is 23.2 Å². The lowest BCUT2D eigenvalue weighted by Gasteiger charge is -2.12. The zero-order valence-corrected chi connectivity index (χ0v) is 8.34. The topological polar surface area (TPSA) is 43.1 Å². The van der Waals surface area contributed by atoms with E-state index in [-0.39, 0.29) is 5.69 Å². The first-order valence-corrected chi connectivity index (χ1v) is 4.29. The van der Waals surface area contributed by atoms with Gasteiger partial charge in [-0.2, -0.15) is 0 Å². The maximum absolute atomic E-state index is 10.3. The first kappa shape index (κ1) is 10.3. The Hall–Kier alpha value is -0.800. The van der Waals surface area contributed by atoms with E-state index in [0.717, 1.165) is 0 Å². The van der Waals surface area contributed by atoms with E-state index in [0.29, 0.717) is 5.56 Å². The molecule has 1 aromatic rings. The van der Waals surface area contributed by atoms with Crippen LogP contribution < -0.4 is 0 Å². The lowest BCUT2D eigenvalue weighted by molar-refractivity contribution is -0.384. The van der Waals surface area contributed by atoms with Crippen molar-refractivity contribution in [2.75, 3.05) is 0 Å². The molecule has 3 nitrogen and oxygen atoms in total. The number of hydrogen-bond donors (Lipinski definition) is 0. The molecule has 0 saturated carbocycles. The standard InChI is InChI=1S/C8H7Cl2NO2/c1-8(9,10)6-2-4-7(5-3-6)11(12)13/h2-5H,1H3. The number of non-ortho nitro benzene ring substituents is 1. The molecule has 0 radical (unpaired) electrons. The number of benzene rings is 1. The van der Waals surface area contributed by atoms with Crippen LogP contribution in [0.1, 0.15) is 12.5 Å². The molecule has 0 aromatic heterocycles. The molecule has 5 heteroatoms. The van der Waals surface area contributed by atoms with Gasteiger partial charge < -0.3 is 0 Å². The molecule has 0 aliphatic heterocycles. The van der Waals surface area contributed by atoms with Crippen LogP contribution in [0.3, 0.4) is 0 Å². The van der Waals surface area contributed by atoms with E-state index in [1.165, 1.54) is 24.3 Å². The monoisotopic (exact) mass is 219 g/mol. The summed E-state index contributed by atoms with van der Waals surface area (Å²) in [6, 6.07) is 5.83. The summed E-state index contributed by atoms with van der Waals surface area (Å²) in [6.07, 6.45) is 0. The highest BCUT2D eigenvalue weighted by Gasteiger charge is 2.19. The van der Waals surface area contributed by atoms with Gasteiger partial charge in [0.1, 0.15) is 4.33 Å². The molecule has 0 fully saturated rings. The van der Waals surface area contributed by atoms with Gasteiger partial charge in [0.05, 0.1) is 4.92 Å². The van der Waals surface area contributed by atoms with Crippen LogP contribution in [0, 0.1) is 10.1 Å². The second kappa shape index (κ2) is 3.52. The minimum absolute atomic E-state index is 0.0290. The fourth-order valence-corrected chi connectivity index (χ4v) is 1.13. The van der Waals surface area contributed by atoms with Crippen molar-refractivity contribution in [2.45, 2.75) is 11.3 Å². The van der Waals surface area contributed by atoms with Crippen LogP contribution >= 0.6 is 23.2 Å². The van der Waals surface area contributed by atoms with Crippen LogP contribution in [0.15, 0.2) is 24.3 Å². The molecule has 0 N–H and O–H groups in total. The molecule has 70 valence electrons. The van der Waals surface area contributed by atoms with Crippen molar-refractivity contribution < 1.29 is 4.92 Å². The summed E-state index contributed by atoms with van der Waals surface area (Å²) in [5, 5.41) is 10.3. The number of rotatable bonds is 2. The number of nitrogens with zero attached hydrogens (tertiary/aromatic N) is 1. The molecule has 0 bridgehead atoms. The van der Waals surface area contributed by atoms with Crippen molar-refractivity contribution in [2.24, 2.45) is 0 Å². The maximum Gasteiger partial charge on any atom is 0.269 e. The minimum atomic E-state index is -1.00. The van der Waals surface area contributed by atoms with Gasteiger partial charge in [0, 0.05) is 12.1 Å². The zero-order chi connectivity index (χ0) is 10.1. The molecular formula is C8H7Cl2NO2. The summed E-state index contributed by atoms with van der Waals surface area (Å²) in [4.78, 5) is 9.83. The van der Waals surface area contributed by atoms with Crippen LogP contribution in [0.4, 0.5) is 5.69 Å². The molecule has 0 spiro atoms. The summed E-state index contributed by atoms with van der Waals surface area (Å²) in [6.45, 7) is 1.61. The first-order valence-electron chi connectivity index (χ1n) is 3.54. The summed E-state index contributed by atoms with van der Waals surface area (Å²) in [5.74, 6) is 0. The molecule has 0 aliphatic carbocycles. The SMILES string of the molecule is CC(Cl)(Cl)c1ccc([N+](=O)[O-])cc1. The van der Waals surface area contributed by atoms with E-state index < -0.39 is 9.26 Å². The van der Waals surface area contributed by atoms with E-state index >= 15 is 0 Å². The number of nitro benzene ring substituents is 1. The van der Waals surface area contributed by atoms with Crippen LogP contribution in [0.2, 0.25) is 0 Å². The quantitative estimate of drug-likeness (QED) is 0.436. The highest BCUT2D eigenvalue weighted by molar-refractivity contribution is 6.47. The molecular weight excluding hydrogens is 213 g/mol. The molecule has 0 atom stereocenters. The fourth-order valence-electron chi connectivity index (χ4n) is 0.876. The van der Waals surface area contributed by atoms with Crippen LogP contribution in [-0.2, 0) is 4.33 Å². The minimum Gasteiger partial charge on any atom is -0.258 e. The predicted octanol–water partition coefficient (Wildman–Crippen LogP) is 3.25. The zero-order valence-electron chi connectivity index (χ0n) is 6.83. The summed E-state index contributed by atoms with van der Waals surface area (Å²) < 4.78 is -1.00. The summed E-state index contributed by atoms with van der Waals surface area (Å²) >= 11 is 11.6. The number of alkyl halides is 2. The lowest BCUT2D eigenvalue weighted by Crippen LogP contribution is -2.03. The first-order chi connectivity index (χ1) is 5.91. The summed E-state index contributed by atoms with van der Waals surface area (Å²) in [5.41, 5.74) is 0.669. The van der Waals surface area contributed by atoms with E-state index in [9.17, 15) is 10.1 Å². The van der Waals surface area contributed by atoms with Crippen molar-refractivity contribution in [3.63, 3.8) is 0 Å². The highest BCUT2D eigenvalue weighted by Crippen LogP contribution is 2.33. The van der Waals surface area contributed by atoms with Crippen LogP contribution in [0.5, 0.6) is 0 Å². The van der Waals surface area contributed by atoms with Crippen LogP contribution in [-0.4, -0.2) is 4.92 Å². The van der Waals surface area contributed by atoms with Crippen molar-refractivity contribution in [3.05, 3.63) is 39.9 Å². The van der Waals surface area contributed by atoms with Gasteiger partial charge in [-0.1, -0.05) is 23.2 Å². The Balaban J connectivity index is 3.01. The molecule has 0 aliphatic rings. The van der Waals surface area contributed by atoms with Gasteiger partial charge in [0.2, 0.25) is 0 Å². The molecule has 0 saturated heterocycles. The highest BCUT2D eigenvalue weighted by atomic mass is 35.5. The average Bonchev–Trinajstić information content (AvgIpc) is 2.03. The van der Waals surface area contributed by atoms with Crippen molar-refractivity contribution in [3.8, 4) is 0 Å². The Labute approximate surface area is 85.4 Å². The maximum atomic E-state index is 10.3. The molecule has 13 heavy (non-hydrogen) atoms. The van der Waals surface area contributed by atoms with E-state index in [2.05, 4.69) is 0 Å². The third-order valence-electron chi connectivity index (χ3n) is 1.59. The van der Waals surface area contributed by atoms with Gasteiger partial charge in [-0.15, -0.1) is 0 Å². The molecule has 0 unspecified atom stereocenters. The van der Waals surface area contributed by atoms with Gasteiger partial charge >= 0.3 is 0 Å². The second-order valence-corrected chi connectivity index (χ2v) is 4.40. The van der Waals surface area contributed by atoms with Gasteiger partial charge in [-0.25, -0.2) is 0 Å². The Morgan fingerprint density at radius 1 is 1.31 bits per heavy atom. The number of halogens is 2. The Morgan fingerprint density at radius 2 is 1.77 bits per heavy atom. The molecule has 1 rings (SSSR count). The molecule has 0 heterocycles. The Bertz CT molecular complexity index is 316. The van der Waals surface area contributed by atoms with Gasteiger partial charge in [0.15, 0.2) is 0 Å². The van der Waals surface area contributed by atoms with Gasteiger partial charge in [-0.3, -0.25) is 10.1 Å². The third-order valence-corrected chi connectivity index (χ3v) is 2.02.